The summed E-state index contributed by atoms with van der Waals surface area (Å²) in [6.45, 7) is 3.75. The Bertz CT molecular complexity index is 2290. The zero-order valence-electron chi connectivity index (χ0n) is 28.5. The van der Waals surface area contributed by atoms with Crippen molar-refractivity contribution in [2.75, 3.05) is 9.80 Å². The molecule has 0 bridgehead atoms. The zero-order valence-corrected chi connectivity index (χ0v) is 28.5. The highest BCUT2D eigenvalue weighted by molar-refractivity contribution is 7.00. The number of nitrogens with zero attached hydrogens (tertiary/aromatic N) is 2. The second kappa shape index (κ2) is 12.2. The number of rotatable bonds is 5. The molecule has 7 aromatic carbocycles. The average Bonchev–Trinajstić information content (AvgIpc) is 3.15. The molecule has 3 nitrogen and oxygen atoms in total. The topological polar surface area (TPSA) is 15.7 Å². The molecule has 2 heterocycles. The van der Waals surface area contributed by atoms with Crippen LogP contribution in [0.5, 0.6) is 5.75 Å². The Morgan fingerprint density at radius 3 is 1.29 bits per heavy atom. The SMILES string of the molecule is Cc1ccc(N2c3ccc(-c4ccccc4)cc3B3c4cc(-c5ccccc5)ccc4N(c4ccc(C)cc4)c4cc(OC(F)(F)F)cc2c43)cc1. The standard InChI is InChI=1S/C45H32BF3N2O/c1-29-13-19-35(20-14-29)50-40-23-17-33(31-9-5-3-6-10-31)25-38(40)46-39-26-34(32-11-7-4-8-12-32)18-24-41(39)51(36-21-15-30(2)16-22-36)43-28-37(52-45(47,48)49)27-42(50)44(43)46/h3-28H,1-2H3. The van der Waals surface area contributed by atoms with Crippen LogP contribution in [0.4, 0.5) is 47.3 Å². The van der Waals surface area contributed by atoms with Crippen LogP contribution in [-0.4, -0.2) is 13.1 Å². The van der Waals surface area contributed by atoms with Gasteiger partial charge >= 0.3 is 6.36 Å². The minimum atomic E-state index is -4.88. The highest BCUT2D eigenvalue weighted by Gasteiger charge is 2.44. The number of hydrogen-bond donors (Lipinski definition) is 0. The first kappa shape index (κ1) is 31.8. The Morgan fingerprint density at radius 1 is 0.462 bits per heavy atom. The Kier molecular flexibility index (Phi) is 7.47. The molecule has 0 fully saturated rings. The molecule has 0 saturated heterocycles. The van der Waals surface area contributed by atoms with Gasteiger partial charge in [0.05, 0.1) is 0 Å². The molecular formula is C45H32BF3N2O. The maximum absolute atomic E-state index is 14.1. The number of hydrogen-bond acceptors (Lipinski definition) is 3. The van der Waals surface area contributed by atoms with Crippen molar-refractivity contribution in [3.05, 3.63) is 169 Å². The molecular weight excluding hydrogens is 652 g/mol. The average molecular weight is 685 g/mol. The van der Waals surface area contributed by atoms with Gasteiger partial charge in [-0.25, -0.2) is 0 Å². The van der Waals surface area contributed by atoms with Crippen LogP contribution in [-0.2, 0) is 0 Å². The highest BCUT2D eigenvalue weighted by atomic mass is 19.4. The van der Waals surface area contributed by atoms with Crippen molar-refractivity contribution < 1.29 is 17.9 Å². The number of halogens is 3. The molecule has 252 valence electrons. The van der Waals surface area contributed by atoms with E-state index in [1.165, 1.54) is 0 Å². The van der Waals surface area contributed by atoms with Gasteiger partial charge in [0.25, 0.3) is 6.71 Å². The van der Waals surface area contributed by atoms with Gasteiger partial charge in [0, 0.05) is 46.3 Å². The largest absolute Gasteiger partial charge is 0.573 e. The van der Waals surface area contributed by atoms with Crippen LogP contribution in [0, 0.1) is 13.8 Å². The Morgan fingerprint density at radius 2 is 0.885 bits per heavy atom. The minimum Gasteiger partial charge on any atom is -0.406 e. The molecule has 7 aromatic rings. The van der Waals surface area contributed by atoms with Crippen molar-refractivity contribution in [2.24, 2.45) is 0 Å². The maximum atomic E-state index is 14.1. The van der Waals surface area contributed by atoms with Gasteiger partial charge in [0.15, 0.2) is 0 Å². The first-order valence-electron chi connectivity index (χ1n) is 17.3. The number of benzene rings is 7. The number of fused-ring (bicyclic) bond motifs is 4. The summed E-state index contributed by atoms with van der Waals surface area (Å²) in [5.41, 5.74) is 14.3. The van der Waals surface area contributed by atoms with E-state index in [-0.39, 0.29) is 12.5 Å². The normalized spacial score (nSPS) is 13.0. The summed E-state index contributed by atoms with van der Waals surface area (Å²) < 4.78 is 47.0. The van der Waals surface area contributed by atoms with E-state index >= 15 is 0 Å². The molecule has 7 heteroatoms. The second-order valence-electron chi connectivity index (χ2n) is 13.5. The van der Waals surface area contributed by atoms with Crippen LogP contribution in [0.1, 0.15) is 11.1 Å². The predicted molar refractivity (Wildman–Crippen MR) is 207 cm³/mol. The summed E-state index contributed by atoms with van der Waals surface area (Å²) >= 11 is 0. The quantitative estimate of drug-likeness (QED) is 0.168. The number of ether oxygens (including phenoxy) is 1. The first-order chi connectivity index (χ1) is 25.2. The monoisotopic (exact) mass is 684 g/mol. The number of aryl methyl sites for hydroxylation is 2. The smallest absolute Gasteiger partial charge is 0.406 e. The molecule has 0 aromatic heterocycles. The van der Waals surface area contributed by atoms with Crippen molar-refractivity contribution >= 4 is 57.2 Å². The van der Waals surface area contributed by atoms with Crippen LogP contribution >= 0.6 is 0 Å². The summed E-state index contributed by atoms with van der Waals surface area (Å²) in [7, 11) is 0. The van der Waals surface area contributed by atoms with E-state index in [0.29, 0.717) is 11.4 Å². The lowest BCUT2D eigenvalue weighted by Crippen LogP contribution is -2.61. The van der Waals surface area contributed by atoms with E-state index in [1.54, 1.807) is 12.1 Å². The molecule has 0 atom stereocenters. The van der Waals surface area contributed by atoms with E-state index in [0.717, 1.165) is 72.5 Å². The number of alkyl halides is 3. The van der Waals surface area contributed by atoms with Crippen molar-refractivity contribution in [1.29, 1.82) is 0 Å². The Hall–Kier alpha value is -6.21. The van der Waals surface area contributed by atoms with Gasteiger partial charge in [0.1, 0.15) is 5.75 Å². The molecule has 2 aliphatic rings. The molecule has 0 amide bonds. The third kappa shape index (κ3) is 5.50. The van der Waals surface area contributed by atoms with Crippen molar-refractivity contribution in [1.82, 2.24) is 0 Å². The highest BCUT2D eigenvalue weighted by Crippen LogP contribution is 2.47. The van der Waals surface area contributed by atoms with Gasteiger partial charge in [0.2, 0.25) is 0 Å². The molecule has 0 unspecified atom stereocenters. The summed E-state index contributed by atoms with van der Waals surface area (Å²) in [6.07, 6.45) is -4.88. The van der Waals surface area contributed by atoms with Gasteiger partial charge in [-0.15, -0.1) is 13.2 Å². The summed E-state index contributed by atoms with van der Waals surface area (Å²) in [4.78, 5) is 4.17. The summed E-state index contributed by atoms with van der Waals surface area (Å²) in [5, 5.41) is 0. The van der Waals surface area contributed by atoms with E-state index < -0.39 is 6.36 Å². The van der Waals surface area contributed by atoms with E-state index in [1.807, 2.05) is 98.8 Å². The third-order valence-corrected chi connectivity index (χ3v) is 10.1. The molecule has 52 heavy (non-hydrogen) atoms. The van der Waals surface area contributed by atoms with Crippen molar-refractivity contribution in [3.63, 3.8) is 0 Å². The van der Waals surface area contributed by atoms with Crippen molar-refractivity contribution in [3.8, 4) is 28.0 Å². The fourth-order valence-electron chi connectivity index (χ4n) is 7.74. The van der Waals surface area contributed by atoms with E-state index in [2.05, 4.69) is 70.5 Å². The second-order valence-corrected chi connectivity index (χ2v) is 13.5. The van der Waals surface area contributed by atoms with Crippen LogP contribution < -0.4 is 30.9 Å². The lowest BCUT2D eigenvalue weighted by molar-refractivity contribution is -0.274. The lowest BCUT2D eigenvalue weighted by Gasteiger charge is -2.44. The minimum absolute atomic E-state index is 0.275. The van der Waals surface area contributed by atoms with Crippen LogP contribution in [0.2, 0.25) is 0 Å². The third-order valence-electron chi connectivity index (χ3n) is 10.1. The molecule has 0 saturated carbocycles. The Labute approximate surface area is 301 Å². The maximum Gasteiger partial charge on any atom is 0.573 e. The lowest BCUT2D eigenvalue weighted by atomic mass is 9.33. The van der Waals surface area contributed by atoms with E-state index in [9.17, 15) is 13.2 Å². The summed E-state index contributed by atoms with van der Waals surface area (Å²) in [5.74, 6) is -0.275. The van der Waals surface area contributed by atoms with Gasteiger partial charge in [-0.05, 0) is 88.9 Å². The molecule has 0 N–H and O–H groups in total. The molecule has 9 rings (SSSR count). The molecule has 0 spiro atoms. The van der Waals surface area contributed by atoms with Gasteiger partial charge in [-0.2, -0.15) is 0 Å². The van der Waals surface area contributed by atoms with Gasteiger partial charge in [-0.3, -0.25) is 0 Å². The summed E-state index contributed by atoms with van der Waals surface area (Å²) in [6, 6.07) is 52.8. The van der Waals surface area contributed by atoms with E-state index in [4.69, 9.17) is 4.74 Å². The van der Waals surface area contributed by atoms with Crippen LogP contribution in [0.25, 0.3) is 22.3 Å². The zero-order chi connectivity index (χ0) is 35.6. The van der Waals surface area contributed by atoms with Crippen LogP contribution in [0.3, 0.4) is 0 Å². The first-order valence-corrected chi connectivity index (χ1v) is 17.3. The van der Waals surface area contributed by atoms with Gasteiger partial charge in [-0.1, -0.05) is 120 Å². The Balaban J connectivity index is 1.39. The molecule has 0 radical (unpaired) electrons. The van der Waals surface area contributed by atoms with Gasteiger partial charge < -0.3 is 14.5 Å². The van der Waals surface area contributed by atoms with Crippen LogP contribution in [0.15, 0.2) is 158 Å². The molecule has 0 aliphatic carbocycles. The fourth-order valence-corrected chi connectivity index (χ4v) is 7.74. The number of anilines is 6. The predicted octanol–water partition coefficient (Wildman–Crippen LogP) is 10.6. The molecule has 2 aliphatic heterocycles. The fraction of sp³-hybridized carbons (Fsp3) is 0.0667. The van der Waals surface area contributed by atoms with Crippen molar-refractivity contribution in [2.45, 2.75) is 20.2 Å².